The minimum absolute atomic E-state index is 0.0937. The smallest absolute Gasteiger partial charge is 0.0681 e. The summed E-state index contributed by atoms with van der Waals surface area (Å²) in [6.45, 7) is 3.03. The Morgan fingerprint density at radius 1 is 1.11 bits per heavy atom. The molecule has 0 amide bonds. The Balaban J connectivity index is 2.18. The van der Waals surface area contributed by atoms with Crippen molar-refractivity contribution in [1.29, 1.82) is 0 Å². The Morgan fingerprint density at radius 3 is 2.53 bits per heavy atom. The van der Waals surface area contributed by atoms with E-state index in [1.165, 1.54) is 16.8 Å². The summed E-state index contributed by atoms with van der Waals surface area (Å²) >= 11 is 3.50. The minimum Gasteiger partial charge on any atom is -0.392 e. The lowest BCUT2D eigenvalue weighted by Gasteiger charge is -2.22. The Bertz CT molecular complexity index is 568. The van der Waals surface area contributed by atoms with Crippen LogP contribution in [0.3, 0.4) is 0 Å². The lowest BCUT2D eigenvalue weighted by molar-refractivity contribution is 0.282. The van der Waals surface area contributed by atoms with Crippen LogP contribution in [0, 0.1) is 6.92 Å². The van der Waals surface area contributed by atoms with Crippen LogP contribution in [-0.2, 0) is 13.2 Å². The number of benzene rings is 2. The number of hydrogen-bond donors (Lipinski definition) is 1. The third kappa shape index (κ3) is 3.58. The molecule has 0 heterocycles. The van der Waals surface area contributed by atoms with E-state index in [1.807, 2.05) is 18.2 Å². The lowest BCUT2D eigenvalue weighted by atomic mass is 10.1. The van der Waals surface area contributed by atoms with Gasteiger partial charge in [0.1, 0.15) is 0 Å². The highest BCUT2D eigenvalue weighted by atomic mass is 79.9. The maximum atomic E-state index is 9.14. The van der Waals surface area contributed by atoms with E-state index >= 15 is 0 Å². The van der Waals surface area contributed by atoms with Gasteiger partial charge >= 0.3 is 0 Å². The molecule has 1 N–H and O–H groups in total. The number of anilines is 1. The quantitative estimate of drug-likeness (QED) is 0.924. The van der Waals surface area contributed by atoms with Gasteiger partial charge < -0.3 is 10.0 Å². The Kier molecular flexibility index (Phi) is 4.61. The fraction of sp³-hybridized carbons (Fsp3) is 0.250. The molecule has 0 aliphatic heterocycles. The van der Waals surface area contributed by atoms with Gasteiger partial charge in [0.2, 0.25) is 0 Å². The molecule has 0 atom stereocenters. The van der Waals surface area contributed by atoms with Crippen LogP contribution < -0.4 is 4.90 Å². The van der Waals surface area contributed by atoms with Crippen molar-refractivity contribution in [3.05, 3.63) is 63.6 Å². The van der Waals surface area contributed by atoms with Crippen molar-refractivity contribution in [2.75, 3.05) is 11.9 Å². The van der Waals surface area contributed by atoms with Crippen LogP contribution in [0.4, 0.5) is 5.69 Å². The maximum Gasteiger partial charge on any atom is 0.0681 e. The summed E-state index contributed by atoms with van der Waals surface area (Å²) in [7, 11) is 2.09. The van der Waals surface area contributed by atoms with Crippen LogP contribution >= 0.6 is 15.9 Å². The second kappa shape index (κ2) is 6.22. The van der Waals surface area contributed by atoms with E-state index < -0.39 is 0 Å². The van der Waals surface area contributed by atoms with Gasteiger partial charge in [0.15, 0.2) is 0 Å². The summed E-state index contributed by atoms with van der Waals surface area (Å²) in [5.74, 6) is 0. The number of halogens is 1. The van der Waals surface area contributed by atoms with Crippen molar-refractivity contribution < 1.29 is 5.11 Å². The molecule has 0 aliphatic carbocycles. The predicted octanol–water partition coefficient (Wildman–Crippen LogP) is 3.89. The standard InChI is InChI=1S/C16H18BrNO/c1-12-8-14(11-19)6-7-16(12)18(2)10-13-4-3-5-15(17)9-13/h3-9,19H,10-11H2,1-2H3. The van der Waals surface area contributed by atoms with E-state index in [0.717, 1.165) is 16.6 Å². The molecule has 0 saturated carbocycles. The molecular formula is C16H18BrNO. The molecule has 0 aromatic heterocycles. The van der Waals surface area contributed by atoms with Crippen LogP contribution in [0.1, 0.15) is 16.7 Å². The van der Waals surface area contributed by atoms with E-state index in [-0.39, 0.29) is 6.61 Å². The number of aryl methyl sites for hydroxylation is 1. The molecule has 2 nitrogen and oxygen atoms in total. The molecule has 2 aromatic carbocycles. The predicted molar refractivity (Wildman–Crippen MR) is 83.4 cm³/mol. The molecule has 0 bridgehead atoms. The monoisotopic (exact) mass is 319 g/mol. The molecule has 2 aromatic rings. The van der Waals surface area contributed by atoms with Crippen LogP contribution in [-0.4, -0.2) is 12.2 Å². The topological polar surface area (TPSA) is 23.5 Å². The van der Waals surface area contributed by atoms with E-state index in [0.29, 0.717) is 0 Å². The summed E-state index contributed by atoms with van der Waals surface area (Å²) in [6, 6.07) is 14.4. The fourth-order valence-corrected chi connectivity index (χ4v) is 2.69. The van der Waals surface area contributed by atoms with Gasteiger partial charge in [-0.3, -0.25) is 0 Å². The third-order valence-electron chi connectivity index (χ3n) is 3.16. The first-order chi connectivity index (χ1) is 9.10. The van der Waals surface area contributed by atoms with Crippen molar-refractivity contribution >= 4 is 21.6 Å². The van der Waals surface area contributed by atoms with Gasteiger partial charge in [0.05, 0.1) is 6.61 Å². The number of aliphatic hydroxyl groups is 1. The van der Waals surface area contributed by atoms with Gasteiger partial charge in [-0.1, -0.05) is 40.2 Å². The molecule has 0 saturated heterocycles. The van der Waals surface area contributed by atoms with E-state index in [9.17, 15) is 0 Å². The number of aliphatic hydroxyl groups excluding tert-OH is 1. The van der Waals surface area contributed by atoms with Crippen LogP contribution in [0.25, 0.3) is 0 Å². The van der Waals surface area contributed by atoms with Crippen molar-refractivity contribution in [3.63, 3.8) is 0 Å². The second-order valence-electron chi connectivity index (χ2n) is 4.76. The third-order valence-corrected chi connectivity index (χ3v) is 3.66. The number of hydrogen-bond acceptors (Lipinski definition) is 2. The van der Waals surface area contributed by atoms with Gasteiger partial charge in [0.25, 0.3) is 0 Å². The highest BCUT2D eigenvalue weighted by Crippen LogP contribution is 2.22. The van der Waals surface area contributed by atoms with Gasteiger partial charge in [-0.25, -0.2) is 0 Å². The van der Waals surface area contributed by atoms with Crippen molar-refractivity contribution in [2.45, 2.75) is 20.1 Å². The Hall–Kier alpha value is -1.32. The first-order valence-corrected chi connectivity index (χ1v) is 7.05. The van der Waals surface area contributed by atoms with Gasteiger partial charge in [-0.05, 0) is 41.8 Å². The van der Waals surface area contributed by atoms with Gasteiger partial charge in [0, 0.05) is 23.8 Å². The highest BCUT2D eigenvalue weighted by Gasteiger charge is 2.06. The average Bonchev–Trinajstić information content (AvgIpc) is 2.38. The second-order valence-corrected chi connectivity index (χ2v) is 5.68. The molecule has 2 rings (SSSR count). The lowest BCUT2D eigenvalue weighted by Crippen LogP contribution is -2.17. The molecule has 19 heavy (non-hydrogen) atoms. The van der Waals surface area contributed by atoms with Gasteiger partial charge in [-0.15, -0.1) is 0 Å². The fourth-order valence-electron chi connectivity index (χ4n) is 2.24. The zero-order valence-corrected chi connectivity index (χ0v) is 12.8. The molecule has 0 spiro atoms. The summed E-state index contributed by atoms with van der Waals surface area (Å²) in [5.41, 5.74) is 4.60. The molecular weight excluding hydrogens is 302 g/mol. The highest BCUT2D eigenvalue weighted by molar-refractivity contribution is 9.10. The summed E-state index contributed by atoms with van der Waals surface area (Å²) < 4.78 is 1.10. The Labute approximate surface area is 122 Å². The molecule has 3 heteroatoms. The maximum absolute atomic E-state index is 9.14. The molecule has 100 valence electrons. The molecule has 0 fully saturated rings. The van der Waals surface area contributed by atoms with E-state index in [2.05, 4.69) is 59.1 Å². The first-order valence-electron chi connectivity index (χ1n) is 6.26. The normalized spacial score (nSPS) is 10.5. The van der Waals surface area contributed by atoms with Crippen molar-refractivity contribution in [3.8, 4) is 0 Å². The molecule has 0 radical (unpaired) electrons. The van der Waals surface area contributed by atoms with Crippen LogP contribution in [0.2, 0.25) is 0 Å². The minimum atomic E-state index is 0.0937. The first kappa shape index (κ1) is 14.1. The van der Waals surface area contributed by atoms with Crippen LogP contribution in [0.5, 0.6) is 0 Å². The summed E-state index contributed by atoms with van der Waals surface area (Å²) in [6.07, 6.45) is 0. The summed E-state index contributed by atoms with van der Waals surface area (Å²) in [4.78, 5) is 2.22. The van der Waals surface area contributed by atoms with Crippen molar-refractivity contribution in [1.82, 2.24) is 0 Å². The molecule has 0 aliphatic rings. The van der Waals surface area contributed by atoms with Gasteiger partial charge in [-0.2, -0.15) is 0 Å². The number of nitrogens with zero attached hydrogens (tertiary/aromatic N) is 1. The number of rotatable bonds is 4. The van der Waals surface area contributed by atoms with E-state index in [4.69, 9.17) is 5.11 Å². The molecule has 0 unspecified atom stereocenters. The van der Waals surface area contributed by atoms with Crippen LogP contribution in [0.15, 0.2) is 46.9 Å². The zero-order valence-electron chi connectivity index (χ0n) is 11.2. The average molecular weight is 320 g/mol. The largest absolute Gasteiger partial charge is 0.392 e. The summed E-state index contributed by atoms with van der Waals surface area (Å²) in [5, 5.41) is 9.14. The SMILES string of the molecule is Cc1cc(CO)ccc1N(C)Cc1cccc(Br)c1. The van der Waals surface area contributed by atoms with E-state index in [1.54, 1.807) is 0 Å². The van der Waals surface area contributed by atoms with Crippen molar-refractivity contribution in [2.24, 2.45) is 0 Å². The Morgan fingerprint density at radius 2 is 1.89 bits per heavy atom. The zero-order chi connectivity index (χ0) is 13.8.